The Hall–Kier alpha value is -0.650. The molecule has 0 bridgehead atoms. The van der Waals surface area contributed by atoms with E-state index < -0.39 is 0 Å². The lowest BCUT2D eigenvalue weighted by molar-refractivity contribution is 0.412. The van der Waals surface area contributed by atoms with Crippen LogP contribution >= 0.6 is 35.2 Å². The van der Waals surface area contributed by atoms with Crippen LogP contribution in [0.2, 0.25) is 4.34 Å². The lowest BCUT2D eigenvalue weighted by Gasteiger charge is -2.23. The normalized spacial score (nSPS) is 16.8. The molecule has 1 aliphatic rings. The summed E-state index contributed by atoms with van der Waals surface area (Å²) in [6, 6.07) is 4.42. The lowest BCUT2D eigenvalue weighted by atomic mass is 9.96. The maximum absolute atomic E-state index is 6.00. The molecule has 1 fully saturated rings. The third-order valence-corrected chi connectivity index (χ3v) is 5.07. The molecule has 1 aromatic rings. The van der Waals surface area contributed by atoms with E-state index in [2.05, 4.69) is 22.8 Å². The first-order chi connectivity index (χ1) is 10.2. The molecule has 0 radical (unpaired) electrons. The SMILES string of the molecule is CCC/C(=N/NC(=S)NC1CCCCC1)c1ccc(Cl)s1. The van der Waals surface area contributed by atoms with Crippen molar-refractivity contribution >= 4 is 46.0 Å². The van der Waals surface area contributed by atoms with E-state index in [1.54, 1.807) is 11.3 Å². The first-order valence-electron chi connectivity index (χ1n) is 7.58. The van der Waals surface area contributed by atoms with E-state index in [-0.39, 0.29) is 0 Å². The molecule has 0 atom stereocenters. The van der Waals surface area contributed by atoms with Crippen LogP contribution in [0.1, 0.15) is 56.7 Å². The van der Waals surface area contributed by atoms with Crippen molar-refractivity contribution in [2.24, 2.45) is 5.10 Å². The number of hydrogen-bond donors (Lipinski definition) is 2. The topological polar surface area (TPSA) is 36.4 Å². The molecule has 2 rings (SSSR count). The van der Waals surface area contributed by atoms with Gasteiger partial charge in [-0.1, -0.05) is 44.2 Å². The number of hydrogen-bond acceptors (Lipinski definition) is 3. The minimum Gasteiger partial charge on any atom is -0.359 e. The van der Waals surface area contributed by atoms with Gasteiger partial charge in [-0.05, 0) is 43.6 Å². The number of nitrogens with one attached hydrogen (secondary N) is 2. The van der Waals surface area contributed by atoms with Gasteiger partial charge in [-0.2, -0.15) is 5.10 Å². The average molecular weight is 344 g/mol. The fourth-order valence-corrected chi connectivity index (χ4v) is 3.80. The minimum absolute atomic E-state index is 0.500. The van der Waals surface area contributed by atoms with E-state index in [1.807, 2.05) is 12.1 Å². The maximum atomic E-state index is 6.00. The smallest absolute Gasteiger partial charge is 0.187 e. The summed E-state index contributed by atoms with van der Waals surface area (Å²) in [6.45, 7) is 2.14. The van der Waals surface area contributed by atoms with Crippen LogP contribution in [0.5, 0.6) is 0 Å². The van der Waals surface area contributed by atoms with Crippen LogP contribution in [0.25, 0.3) is 0 Å². The van der Waals surface area contributed by atoms with Gasteiger partial charge >= 0.3 is 0 Å². The van der Waals surface area contributed by atoms with Crippen molar-refractivity contribution < 1.29 is 0 Å². The molecular weight excluding hydrogens is 322 g/mol. The Labute approximate surface area is 141 Å². The Balaban J connectivity index is 1.90. The quantitative estimate of drug-likeness (QED) is 0.462. The van der Waals surface area contributed by atoms with Crippen molar-refractivity contribution in [1.29, 1.82) is 0 Å². The van der Waals surface area contributed by atoms with Crippen LogP contribution in [0.4, 0.5) is 0 Å². The van der Waals surface area contributed by atoms with E-state index in [0.29, 0.717) is 11.2 Å². The van der Waals surface area contributed by atoms with E-state index >= 15 is 0 Å². The molecular formula is C15H22ClN3S2. The van der Waals surface area contributed by atoms with Gasteiger partial charge in [0.25, 0.3) is 0 Å². The molecule has 0 amide bonds. The molecule has 1 saturated carbocycles. The highest BCUT2D eigenvalue weighted by molar-refractivity contribution is 7.80. The Kier molecular flexibility index (Phi) is 6.93. The molecule has 116 valence electrons. The molecule has 2 N–H and O–H groups in total. The van der Waals surface area contributed by atoms with Crippen LogP contribution in [0, 0.1) is 0 Å². The molecule has 6 heteroatoms. The van der Waals surface area contributed by atoms with Gasteiger partial charge in [0.15, 0.2) is 5.11 Å². The lowest BCUT2D eigenvalue weighted by Crippen LogP contribution is -2.41. The van der Waals surface area contributed by atoms with Gasteiger partial charge in [-0.15, -0.1) is 11.3 Å². The van der Waals surface area contributed by atoms with Crippen molar-refractivity contribution in [2.75, 3.05) is 0 Å². The number of rotatable bonds is 5. The van der Waals surface area contributed by atoms with Crippen molar-refractivity contribution in [3.05, 3.63) is 21.3 Å². The monoisotopic (exact) mass is 343 g/mol. The second kappa shape index (κ2) is 8.71. The van der Waals surface area contributed by atoms with Crippen LogP contribution in [0.15, 0.2) is 17.2 Å². The van der Waals surface area contributed by atoms with E-state index in [9.17, 15) is 0 Å². The first-order valence-corrected chi connectivity index (χ1v) is 9.18. The summed E-state index contributed by atoms with van der Waals surface area (Å²) in [4.78, 5) is 1.11. The highest BCUT2D eigenvalue weighted by Gasteiger charge is 2.14. The molecule has 0 unspecified atom stereocenters. The van der Waals surface area contributed by atoms with Gasteiger partial charge in [-0.25, -0.2) is 0 Å². The summed E-state index contributed by atoms with van der Waals surface area (Å²) in [7, 11) is 0. The van der Waals surface area contributed by atoms with E-state index in [0.717, 1.165) is 27.8 Å². The number of hydrazone groups is 1. The summed E-state index contributed by atoms with van der Waals surface area (Å²) in [6.07, 6.45) is 8.28. The third-order valence-electron chi connectivity index (χ3n) is 3.58. The zero-order valence-electron chi connectivity index (χ0n) is 12.3. The highest BCUT2D eigenvalue weighted by Crippen LogP contribution is 2.23. The predicted octanol–water partition coefficient (Wildman–Crippen LogP) is 4.70. The van der Waals surface area contributed by atoms with Gasteiger partial charge < -0.3 is 5.32 Å². The average Bonchev–Trinajstić information content (AvgIpc) is 2.91. The summed E-state index contributed by atoms with van der Waals surface area (Å²) in [5.41, 5.74) is 4.01. The van der Waals surface area contributed by atoms with Crippen molar-refractivity contribution in [3.63, 3.8) is 0 Å². The number of nitrogens with zero attached hydrogens (tertiary/aromatic N) is 1. The van der Waals surface area contributed by atoms with Gasteiger partial charge in [0.1, 0.15) is 0 Å². The van der Waals surface area contributed by atoms with Crippen molar-refractivity contribution in [2.45, 2.75) is 57.9 Å². The molecule has 1 aromatic heterocycles. The Bertz CT molecular complexity index is 493. The van der Waals surface area contributed by atoms with Gasteiger partial charge in [0.2, 0.25) is 0 Å². The summed E-state index contributed by atoms with van der Waals surface area (Å²) < 4.78 is 0.789. The second-order valence-corrected chi connectivity index (χ2v) is 7.46. The number of thiocarbonyl (C=S) groups is 1. The van der Waals surface area contributed by atoms with E-state index in [1.165, 1.54) is 32.1 Å². The van der Waals surface area contributed by atoms with Crippen LogP contribution in [0.3, 0.4) is 0 Å². The maximum Gasteiger partial charge on any atom is 0.187 e. The van der Waals surface area contributed by atoms with Gasteiger partial charge in [-0.3, -0.25) is 5.43 Å². The summed E-state index contributed by atoms with van der Waals surface area (Å²) in [5.74, 6) is 0. The van der Waals surface area contributed by atoms with Crippen LogP contribution < -0.4 is 10.7 Å². The van der Waals surface area contributed by atoms with Gasteiger partial charge in [0, 0.05) is 6.04 Å². The van der Waals surface area contributed by atoms with E-state index in [4.69, 9.17) is 23.8 Å². The highest BCUT2D eigenvalue weighted by atomic mass is 35.5. The standard InChI is InChI=1S/C15H22ClN3S2/c1-2-6-12(13-9-10-14(16)21-13)18-19-15(20)17-11-7-4-3-5-8-11/h9-11H,2-8H2,1H3,(H2,17,19,20)/b18-12-. The second-order valence-electron chi connectivity index (χ2n) is 5.33. The first kappa shape index (κ1) is 16.7. The molecule has 0 spiro atoms. The van der Waals surface area contributed by atoms with Crippen LogP contribution in [-0.4, -0.2) is 16.9 Å². The molecule has 0 aromatic carbocycles. The third kappa shape index (κ3) is 5.57. The minimum atomic E-state index is 0.500. The number of thiophene rings is 1. The number of halogens is 1. The van der Waals surface area contributed by atoms with Gasteiger partial charge in [0.05, 0.1) is 14.9 Å². The molecule has 3 nitrogen and oxygen atoms in total. The fourth-order valence-electron chi connectivity index (χ4n) is 2.52. The largest absolute Gasteiger partial charge is 0.359 e. The zero-order valence-corrected chi connectivity index (χ0v) is 14.7. The molecule has 0 saturated heterocycles. The molecule has 1 aliphatic carbocycles. The molecule has 0 aliphatic heterocycles. The Morgan fingerprint density at radius 1 is 1.38 bits per heavy atom. The molecule has 21 heavy (non-hydrogen) atoms. The van der Waals surface area contributed by atoms with Crippen LogP contribution in [-0.2, 0) is 0 Å². The zero-order chi connectivity index (χ0) is 15.1. The summed E-state index contributed by atoms with van der Waals surface area (Å²) in [5, 5.41) is 8.46. The van der Waals surface area contributed by atoms with Crippen molar-refractivity contribution in [3.8, 4) is 0 Å². The fraction of sp³-hybridized carbons (Fsp3) is 0.600. The van der Waals surface area contributed by atoms with Crippen molar-refractivity contribution in [1.82, 2.24) is 10.7 Å². The molecule has 1 heterocycles. The summed E-state index contributed by atoms with van der Waals surface area (Å²) >= 11 is 12.9. The predicted molar refractivity (Wildman–Crippen MR) is 96.5 cm³/mol. The Morgan fingerprint density at radius 2 is 2.14 bits per heavy atom. The Morgan fingerprint density at radius 3 is 2.76 bits per heavy atom.